The molecule has 272 valence electrons. The molecule has 2 aliphatic carbocycles. The lowest BCUT2D eigenvalue weighted by molar-refractivity contribution is -0.0442. The molecule has 9 nitrogen and oxygen atoms in total. The molecule has 1 spiro atoms. The van der Waals surface area contributed by atoms with Crippen LogP contribution < -0.4 is 14.4 Å². The Morgan fingerprint density at radius 1 is 1.12 bits per heavy atom. The van der Waals surface area contributed by atoms with E-state index < -0.39 is 21.2 Å². The van der Waals surface area contributed by atoms with Crippen molar-refractivity contribution >= 4 is 33.2 Å². The van der Waals surface area contributed by atoms with Crippen molar-refractivity contribution in [2.75, 3.05) is 57.5 Å². The number of sulfonamides is 1. The van der Waals surface area contributed by atoms with Crippen LogP contribution in [0.3, 0.4) is 0 Å². The van der Waals surface area contributed by atoms with Gasteiger partial charge in [-0.2, -0.15) is 0 Å². The SMILES string of the molecule is C[C@@H]1[C@@H](C)C/C=C\[C@H](OCCN2CCOC[C@@H]2C)[C@@H]2CC[C@H]2CN2C[C@@]3(CCCc4cc(Cl)ccc43)COc3ccc(cc32)C(=O)NS1(=O)=O. The summed E-state index contributed by atoms with van der Waals surface area (Å²) >= 11 is 6.47. The van der Waals surface area contributed by atoms with Gasteiger partial charge in [0.1, 0.15) is 5.75 Å². The van der Waals surface area contributed by atoms with Crippen LogP contribution in [0.25, 0.3) is 0 Å². The number of amides is 1. The van der Waals surface area contributed by atoms with E-state index in [2.05, 4.69) is 45.7 Å². The fourth-order valence-corrected chi connectivity index (χ4v) is 10.2. The maximum Gasteiger partial charge on any atom is 0.264 e. The number of carbonyl (C=O) groups is 1. The van der Waals surface area contributed by atoms with Gasteiger partial charge in [0.25, 0.3) is 5.91 Å². The molecular formula is C39H52ClN3O6S. The van der Waals surface area contributed by atoms with Gasteiger partial charge in [-0.25, -0.2) is 13.1 Å². The van der Waals surface area contributed by atoms with E-state index >= 15 is 0 Å². The number of aryl methyl sites for hydroxylation is 1. The molecule has 11 heteroatoms. The number of allylic oxidation sites excluding steroid dienone is 1. The molecule has 1 saturated heterocycles. The molecule has 1 N–H and O–H groups in total. The summed E-state index contributed by atoms with van der Waals surface area (Å²) in [4.78, 5) is 18.4. The van der Waals surface area contributed by atoms with Gasteiger partial charge in [-0.1, -0.05) is 36.7 Å². The van der Waals surface area contributed by atoms with Crippen molar-refractivity contribution < 1.29 is 27.4 Å². The van der Waals surface area contributed by atoms with Gasteiger partial charge < -0.3 is 19.1 Å². The number of nitrogens with one attached hydrogen (secondary N) is 1. The number of morpholine rings is 1. The summed E-state index contributed by atoms with van der Waals surface area (Å²) in [6, 6.07) is 12.0. The maximum atomic E-state index is 13.5. The van der Waals surface area contributed by atoms with E-state index in [1.165, 1.54) is 11.1 Å². The Balaban J connectivity index is 1.23. The molecule has 0 unspecified atom stereocenters. The lowest BCUT2D eigenvalue weighted by Crippen LogP contribution is -2.50. The normalized spacial score (nSPS) is 33.6. The van der Waals surface area contributed by atoms with Crippen LogP contribution in [0.2, 0.25) is 5.02 Å². The smallest absolute Gasteiger partial charge is 0.264 e. The quantitative estimate of drug-likeness (QED) is 0.385. The average molecular weight is 726 g/mol. The fraction of sp³-hybridized carbons (Fsp3) is 0.615. The first-order valence-corrected chi connectivity index (χ1v) is 20.4. The second-order valence-corrected chi connectivity index (χ2v) is 17.9. The molecule has 3 aliphatic heterocycles. The Kier molecular flexibility index (Phi) is 10.6. The van der Waals surface area contributed by atoms with E-state index in [9.17, 15) is 13.2 Å². The molecule has 2 aromatic carbocycles. The molecule has 1 amide bonds. The Morgan fingerprint density at radius 3 is 2.78 bits per heavy atom. The number of hydrogen-bond donors (Lipinski definition) is 1. The van der Waals surface area contributed by atoms with E-state index in [4.69, 9.17) is 25.8 Å². The number of halogens is 1. The van der Waals surface area contributed by atoms with Crippen molar-refractivity contribution in [1.29, 1.82) is 0 Å². The minimum Gasteiger partial charge on any atom is -0.490 e. The van der Waals surface area contributed by atoms with Crippen molar-refractivity contribution in [3.8, 4) is 5.75 Å². The molecular weight excluding hydrogens is 674 g/mol. The summed E-state index contributed by atoms with van der Waals surface area (Å²) in [5.74, 6) is 0.608. The van der Waals surface area contributed by atoms with Gasteiger partial charge in [0.15, 0.2) is 0 Å². The summed E-state index contributed by atoms with van der Waals surface area (Å²) in [6.07, 6.45) is 9.95. The maximum absolute atomic E-state index is 13.5. The highest BCUT2D eigenvalue weighted by atomic mass is 35.5. The lowest BCUT2D eigenvalue weighted by Gasteiger charge is -2.46. The van der Waals surface area contributed by atoms with Crippen molar-refractivity contribution in [3.63, 3.8) is 0 Å². The molecule has 50 heavy (non-hydrogen) atoms. The zero-order chi connectivity index (χ0) is 35.0. The van der Waals surface area contributed by atoms with Gasteiger partial charge in [-0.3, -0.25) is 9.69 Å². The number of benzene rings is 2. The third-order valence-corrected chi connectivity index (χ3v) is 14.4. The van der Waals surface area contributed by atoms with Crippen LogP contribution in [-0.4, -0.2) is 89.2 Å². The van der Waals surface area contributed by atoms with E-state index in [-0.39, 0.29) is 17.4 Å². The Bertz CT molecular complexity index is 1700. The summed E-state index contributed by atoms with van der Waals surface area (Å²) in [7, 11) is -3.93. The van der Waals surface area contributed by atoms with Crippen LogP contribution in [0.15, 0.2) is 48.6 Å². The molecule has 7 rings (SSSR count). The van der Waals surface area contributed by atoms with Gasteiger partial charge >= 0.3 is 0 Å². The minimum absolute atomic E-state index is 0.0719. The van der Waals surface area contributed by atoms with Crippen molar-refractivity contribution in [1.82, 2.24) is 9.62 Å². The lowest BCUT2D eigenvalue weighted by atomic mass is 9.68. The van der Waals surface area contributed by atoms with E-state index in [1.807, 2.05) is 25.1 Å². The summed E-state index contributed by atoms with van der Waals surface area (Å²) < 4.78 is 48.3. The highest BCUT2D eigenvalue weighted by molar-refractivity contribution is 7.90. The van der Waals surface area contributed by atoms with E-state index in [1.54, 1.807) is 13.0 Å². The third-order valence-electron chi connectivity index (χ3n) is 12.2. The summed E-state index contributed by atoms with van der Waals surface area (Å²) in [6.45, 7) is 11.7. The summed E-state index contributed by atoms with van der Waals surface area (Å²) in [5.41, 5.74) is 3.45. The highest BCUT2D eigenvalue weighted by Crippen LogP contribution is 2.47. The number of nitrogens with zero attached hydrogens (tertiary/aromatic N) is 2. The molecule has 0 aromatic heterocycles. The van der Waals surface area contributed by atoms with E-state index in [0.29, 0.717) is 48.8 Å². The number of hydrogen-bond acceptors (Lipinski definition) is 8. The van der Waals surface area contributed by atoms with Crippen LogP contribution in [0, 0.1) is 17.8 Å². The van der Waals surface area contributed by atoms with Gasteiger partial charge in [0, 0.05) is 48.2 Å². The van der Waals surface area contributed by atoms with E-state index in [0.717, 1.165) is 82.2 Å². The first kappa shape index (κ1) is 35.8. The molecule has 5 aliphatic rings. The molecule has 2 bridgehead atoms. The van der Waals surface area contributed by atoms with Crippen molar-refractivity contribution in [3.05, 3.63) is 70.3 Å². The zero-order valence-electron chi connectivity index (χ0n) is 29.6. The van der Waals surface area contributed by atoms with Crippen molar-refractivity contribution in [2.24, 2.45) is 17.8 Å². The number of rotatable bonds is 4. The predicted octanol–water partition coefficient (Wildman–Crippen LogP) is 5.99. The third kappa shape index (κ3) is 7.33. The van der Waals surface area contributed by atoms with Crippen LogP contribution in [-0.2, 0) is 31.3 Å². The molecule has 2 aromatic rings. The second kappa shape index (κ2) is 14.8. The standard InChI is InChI=1S/C39H52ClN3O6S/c1-26-6-4-8-36(48-19-17-42-16-18-47-23-27(42)2)33-12-9-31(33)22-43-24-39(15-5-7-29-20-32(40)11-13-34(29)39)25-49-37-14-10-30(21-35(37)43)38(44)41-50(45,46)28(26)3/h4,8,10-11,13-14,20-21,26-28,31,33,36H,5-7,9,12,15-19,22-25H2,1-3H3,(H,41,44)/b8-4-/t26-,27-,28+,31-,33+,36-,39-/m0/s1. The molecule has 2 fully saturated rings. The fourth-order valence-electron chi connectivity index (χ4n) is 8.72. The molecule has 0 radical (unpaired) electrons. The van der Waals surface area contributed by atoms with Crippen LogP contribution in [0.4, 0.5) is 5.69 Å². The first-order chi connectivity index (χ1) is 24.0. The predicted molar refractivity (Wildman–Crippen MR) is 197 cm³/mol. The van der Waals surface area contributed by atoms with Gasteiger partial charge in [-0.15, -0.1) is 0 Å². The first-order valence-electron chi connectivity index (χ1n) is 18.5. The average Bonchev–Trinajstić information content (AvgIpc) is 3.23. The van der Waals surface area contributed by atoms with Gasteiger partial charge in [0.05, 0.1) is 43.5 Å². The monoisotopic (exact) mass is 725 g/mol. The van der Waals surface area contributed by atoms with Crippen LogP contribution in [0.5, 0.6) is 5.75 Å². The van der Waals surface area contributed by atoms with Crippen molar-refractivity contribution in [2.45, 2.75) is 82.1 Å². The Hall–Kier alpha value is -2.63. The largest absolute Gasteiger partial charge is 0.490 e. The van der Waals surface area contributed by atoms with Crippen LogP contribution >= 0.6 is 11.6 Å². The number of fused-ring (bicyclic) bond motifs is 4. The Labute approximate surface area is 302 Å². The summed E-state index contributed by atoms with van der Waals surface area (Å²) in [5, 5.41) is -0.0135. The number of anilines is 1. The minimum atomic E-state index is -3.93. The molecule has 7 atom stereocenters. The molecule has 1 saturated carbocycles. The number of carbonyl (C=O) groups excluding carboxylic acids is 1. The topological polar surface area (TPSA) is 97.4 Å². The van der Waals surface area contributed by atoms with Crippen LogP contribution in [0.1, 0.15) is 74.4 Å². The highest BCUT2D eigenvalue weighted by Gasteiger charge is 2.44. The Morgan fingerprint density at radius 2 is 1.98 bits per heavy atom. The zero-order valence-corrected chi connectivity index (χ0v) is 31.2. The van der Waals surface area contributed by atoms with Gasteiger partial charge in [-0.05, 0) is 112 Å². The number of ether oxygens (including phenoxy) is 3. The second-order valence-electron chi connectivity index (χ2n) is 15.4. The van der Waals surface area contributed by atoms with Gasteiger partial charge in [0.2, 0.25) is 10.0 Å². The molecule has 3 heterocycles.